The third kappa shape index (κ3) is 2.10. The Morgan fingerprint density at radius 2 is 2.24 bits per heavy atom. The molecule has 90 valence electrons. The van der Waals surface area contributed by atoms with Gasteiger partial charge in [-0.05, 0) is 43.8 Å². The summed E-state index contributed by atoms with van der Waals surface area (Å²) in [5.41, 5.74) is 2.13. The van der Waals surface area contributed by atoms with Crippen molar-refractivity contribution in [3.05, 3.63) is 28.8 Å². The molecule has 0 aliphatic carbocycles. The lowest BCUT2D eigenvalue weighted by Crippen LogP contribution is -2.06. The maximum absolute atomic E-state index is 11.0. The minimum atomic E-state index is -0.986. The van der Waals surface area contributed by atoms with Crippen LogP contribution in [0.15, 0.2) is 17.5 Å². The Hall–Kier alpha value is -1.62. The van der Waals surface area contributed by atoms with Gasteiger partial charge in [-0.25, -0.2) is 4.79 Å². The Balaban J connectivity index is 2.60. The van der Waals surface area contributed by atoms with Crippen molar-refractivity contribution in [2.75, 3.05) is 0 Å². The molecule has 0 radical (unpaired) electrons. The number of carboxylic acids is 1. The minimum Gasteiger partial charge on any atom is -0.476 e. The average molecular weight is 250 g/mol. The summed E-state index contributed by atoms with van der Waals surface area (Å²) in [5.74, 6) is -0.986. The zero-order valence-electron chi connectivity index (χ0n) is 9.97. The molecule has 0 saturated carbocycles. The van der Waals surface area contributed by atoms with Gasteiger partial charge in [0.05, 0.1) is 10.6 Å². The SMILES string of the molecule is Cc1ccsc1-c1cc(C(=O)O)nn1C(C)C. The molecule has 0 aliphatic rings. The molecule has 0 unspecified atom stereocenters. The molecular formula is C12H14N2O2S. The highest BCUT2D eigenvalue weighted by Gasteiger charge is 2.18. The summed E-state index contributed by atoms with van der Waals surface area (Å²) in [6.07, 6.45) is 0. The van der Waals surface area contributed by atoms with Crippen molar-refractivity contribution in [3.63, 3.8) is 0 Å². The summed E-state index contributed by atoms with van der Waals surface area (Å²) in [4.78, 5) is 12.1. The van der Waals surface area contributed by atoms with E-state index in [0.717, 1.165) is 16.1 Å². The lowest BCUT2D eigenvalue weighted by atomic mass is 10.2. The standard InChI is InChI=1S/C12H14N2O2S/c1-7(2)14-10(6-9(13-14)12(15)16)11-8(3)4-5-17-11/h4-7H,1-3H3,(H,15,16). The highest BCUT2D eigenvalue weighted by molar-refractivity contribution is 7.13. The number of aromatic nitrogens is 2. The quantitative estimate of drug-likeness (QED) is 0.910. The monoisotopic (exact) mass is 250 g/mol. The molecule has 0 bridgehead atoms. The van der Waals surface area contributed by atoms with Crippen molar-refractivity contribution in [2.45, 2.75) is 26.8 Å². The van der Waals surface area contributed by atoms with Gasteiger partial charge in [-0.2, -0.15) is 5.10 Å². The molecular weight excluding hydrogens is 236 g/mol. The second-order valence-corrected chi connectivity index (χ2v) is 5.11. The molecule has 2 aromatic heterocycles. The highest BCUT2D eigenvalue weighted by Crippen LogP contribution is 2.31. The zero-order valence-corrected chi connectivity index (χ0v) is 10.8. The average Bonchev–Trinajstić information content (AvgIpc) is 2.82. The molecule has 0 aromatic carbocycles. The molecule has 2 heterocycles. The smallest absolute Gasteiger partial charge is 0.356 e. The van der Waals surface area contributed by atoms with Crippen molar-refractivity contribution in [3.8, 4) is 10.6 Å². The van der Waals surface area contributed by atoms with E-state index < -0.39 is 5.97 Å². The third-order valence-electron chi connectivity index (χ3n) is 2.54. The van der Waals surface area contributed by atoms with Crippen LogP contribution in [0.1, 0.15) is 35.9 Å². The van der Waals surface area contributed by atoms with E-state index in [4.69, 9.17) is 5.11 Å². The topological polar surface area (TPSA) is 55.1 Å². The number of carbonyl (C=O) groups is 1. The zero-order chi connectivity index (χ0) is 12.6. The number of nitrogens with zero attached hydrogens (tertiary/aromatic N) is 2. The van der Waals surface area contributed by atoms with E-state index in [9.17, 15) is 4.79 Å². The van der Waals surface area contributed by atoms with E-state index in [1.807, 2.05) is 32.2 Å². The summed E-state index contributed by atoms with van der Waals surface area (Å²) in [6, 6.07) is 3.80. The molecule has 1 N–H and O–H groups in total. The van der Waals surface area contributed by atoms with Gasteiger partial charge in [0, 0.05) is 6.04 Å². The van der Waals surface area contributed by atoms with Gasteiger partial charge in [0.15, 0.2) is 5.69 Å². The summed E-state index contributed by atoms with van der Waals surface area (Å²) in [7, 11) is 0. The first-order valence-corrected chi connectivity index (χ1v) is 6.26. The van der Waals surface area contributed by atoms with Gasteiger partial charge in [-0.15, -0.1) is 11.3 Å². The van der Waals surface area contributed by atoms with Crippen molar-refractivity contribution >= 4 is 17.3 Å². The van der Waals surface area contributed by atoms with Crippen molar-refractivity contribution in [2.24, 2.45) is 0 Å². The van der Waals surface area contributed by atoms with Gasteiger partial charge in [0.2, 0.25) is 0 Å². The lowest BCUT2D eigenvalue weighted by Gasteiger charge is -2.10. The maximum atomic E-state index is 11.0. The Morgan fingerprint density at radius 1 is 1.53 bits per heavy atom. The van der Waals surface area contributed by atoms with Crippen LogP contribution in [0, 0.1) is 6.92 Å². The Labute approximate surface area is 104 Å². The highest BCUT2D eigenvalue weighted by atomic mass is 32.1. The van der Waals surface area contributed by atoms with Crippen LogP contribution in [0.2, 0.25) is 0 Å². The van der Waals surface area contributed by atoms with Gasteiger partial charge < -0.3 is 5.11 Å². The van der Waals surface area contributed by atoms with Crippen molar-refractivity contribution < 1.29 is 9.90 Å². The largest absolute Gasteiger partial charge is 0.476 e. The summed E-state index contributed by atoms with van der Waals surface area (Å²) < 4.78 is 1.77. The van der Waals surface area contributed by atoms with Gasteiger partial charge in [0.25, 0.3) is 0 Å². The summed E-state index contributed by atoms with van der Waals surface area (Å²) in [5, 5.41) is 15.1. The van der Waals surface area contributed by atoms with Crippen LogP contribution in [-0.2, 0) is 0 Å². The van der Waals surface area contributed by atoms with Gasteiger partial charge in [-0.3, -0.25) is 4.68 Å². The maximum Gasteiger partial charge on any atom is 0.356 e. The van der Waals surface area contributed by atoms with Crippen LogP contribution < -0.4 is 0 Å². The molecule has 5 heteroatoms. The number of carboxylic acid groups (broad SMARTS) is 1. The molecule has 0 atom stereocenters. The van der Waals surface area contributed by atoms with Crippen LogP contribution in [0.5, 0.6) is 0 Å². The second-order valence-electron chi connectivity index (χ2n) is 4.19. The van der Waals surface area contributed by atoms with Crippen molar-refractivity contribution in [1.29, 1.82) is 0 Å². The van der Waals surface area contributed by atoms with Gasteiger partial charge >= 0.3 is 5.97 Å². The molecule has 0 spiro atoms. The number of rotatable bonds is 3. The van der Waals surface area contributed by atoms with E-state index >= 15 is 0 Å². The van der Waals surface area contributed by atoms with Crippen LogP contribution >= 0.6 is 11.3 Å². The van der Waals surface area contributed by atoms with E-state index in [1.165, 1.54) is 0 Å². The first kappa shape index (κ1) is 11.9. The molecule has 0 amide bonds. The fourth-order valence-corrected chi connectivity index (χ4v) is 2.63. The molecule has 2 rings (SSSR count). The van der Waals surface area contributed by atoms with E-state index in [-0.39, 0.29) is 11.7 Å². The fourth-order valence-electron chi connectivity index (χ4n) is 1.70. The molecule has 4 nitrogen and oxygen atoms in total. The number of hydrogen-bond acceptors (Lipinski definition) is 3. The first-order valence-electron chi connectivity index (χ1n) is 5.38. The number of hydrogen-bond donors (Lipinski definition) is 1. The van der Waals surface area contributed by atoms with Crippen LogP contribution in [0.25, 0.3) is 10.6 Å². The fraction of sp³-hybridized carbons (Fsp3) is 0.333. The summed E-state index contributed by atoms with van der Waals surface area (Å²) >= 11 is 1.61. The number of thiophene rings is 1. The Morgan fingerprint density at radius 3 is 2.71 bits per heavy atom. The number of aromatic carboxylic acids is 1. The second kappa shape index (κ2) is 4.33. The lowest BCUT2D eigenvalue weighted by molar-refractivity contribution is 0.0689. The van der Waals surface area contributed by atoms with E-state index in [0.29, 0.717) is 0 Å². The molecule has 2 aromatic rings. The van der Waals surface area contributed by atoms with Crippen LogP contribution in [0.4, 0.5) is 0 Å². The minimum absolute atomic E-state index is 0.0986. The van der Waals surface area contributed by atoms with Gasteiger partial charge in [-0.1, -0.05) is 0 Å². The van der Waals surface area contributed by atoms with Crippen LogP contribution in [0.3, 0.4) is 0 Å². The summed E-state index contributed by atoms with van der Waals surface area (Å²) in [6.45, 7) is 6.00. The predicted octanol–water partition coefficient (Wildman–Crippen LogP) is 3.20. The number of aryl methyl sites for hydroxylation is 1. The molecule has 17 heavy (non-hydrogen) atoms. The molecule has 0 saturated heterocycles. The Bertz CT molecular complexity index is 555. The first-order chi connectivity index (χ1) is 8.00. The van der Waals surface area contributed by atoms with Gasteiger partial charge in [0.1, 0.15) is 0 Å². The normalized spacial score (nSPS) is 11.1. The van der Waals surface area contributed by atoms with Crippen LogP contribution in [-0.4, -0.2) is 20.9 Å². The third-order valence-corrected chi connectivity index (χ3v) is 3.58. The predicted molar refractivity (Wildman–Crippen MR) is 67.6 cm³/mol. The molecule has 0 aliphatic heterocycles. The Kier molecular flexibility index (Phi) is 3.02. The van der Waals surface area contributed by atoms with Crippen molar-refractivity contribution in [1.82, 2.24) is 9.78 Å². The van der Waals surface area contributed by atoms with E-state index in [2.05, 4.69) is 5.10 Å². The molecule has 0 fully saturated rings. The van der Waals surface area contributed by atoms with E-state index in [1.54, 1.807) is 22.1 Å².